The second kappa shape index (κ2) is 5.92. The van der Waals surface area contributed by atoms with Gasteiger partial charge in [-0.25, -0.2) is 0 Å². The lowest BCUT2D eigenvalue weighted by Gasteiger charge is -2.25. The van der Waals surface area contributed by atoms with Gasteiger partial charge in [0.15, 0.2) is 0 Å². The molecule has 0 aromatic heterocycles. The molecule has 1 aliphatic heterocycles. The highest BCUT2D eigenvalue weighted by molar-refractivity contribution is 7.99. The Hall–Kier alpha value is -0.220. The first kappa shape index (κ1) is 12.2. The molecule has 0 spiro atoms. The van der Waals surface area contributed by atoms with Crippen molar-refractivity contribution in [2.24, 2.45) is 17.6 Å². The zero-order valence-corrected chi connectivity index (χ0v) is 10.6. The van der Waals surface area contributed by atoms with E-state index in [9.17, 15) is 4.79 Å². The molecule has 0 aromatic carbocycles. The minimum atomic E-state index is 0.194. The van der Waals surface area contributed by atoms with Crippen molar-refractivity contribution >= 4 is 17.7 Å². The van der Waals surface area contributed by atoms with E-state index in [2.05, 4.69) is 5.32 Å². The third-order valence-electron chi connectivity index (χ3n) is 3.87. The number of carbonyl (C=O) groups is 1. The molecule has 2 fully saturated rings. The van der Waals surface area contributed by atoms with E-state index in [1.54, 1.807) is 0 Å². The maximum Gasteiger partial charge on any atom is 0.223 e. The van der Waals surface area contributed by atoms with Gasteiger partial charge in [-0.2, -0.15) is 11.8 Å². The highest BCUT2D eigenvalue weighted by Gasteiger charge is 2.32. The summed E-state index contributed by atoms with van der Waals surface area (Å²) >= 11 is 1.99. The number of thioether (sulfide) groups is 1. The van der Waals surface area contributed by atoms with Crippen LogP contribution in [0.15, 0.2) is 0 Å². The molecule has 2 rings (SSSR count). The molecule has 16 heavy (non-hydrogen) atoms. The molecule has 3 N–H and O–H groups in total. The van der Waals surface area contributed by atoms with Gasteiger partial charge in [0.1, 0.15) is 0 Å². The van der Waals surface area contributed by atoms with Gasteiger partial charge >= 0.3 is 0 Å². The number of carbonyl (C=O) groups excluding carboxylic acids is 1. The Morgan fingerprint density at radius 3 is 2.69 bits per heavy atom. The summed E-state index contributed by atoms with van der Waals surface area (Å²) in [6.07, 6.45) is 5.61. The highest BCUT2D eigenvalue weighted by Crippen LogP contribution is 2.31. The monoisotopic (exact) mass is 242 g/mol. The fourth-order valence-electron chi connectivity index (χ4n) is 2.81. The molecule has 0 radical (unpaired) electrons. The molecular weight excluding hydrogens is 220 g/mol. The van der Waals surface area contributed by atoms with Crippen molar-refractivity contribution in [3.63, 3.8) is 0 Å². The van der Waals surface area contributed by atoms with Gasteiger partial charge < -0.3 is 11.1 Å². The number of nitrogens with two attached hydrogens (primary N) is 1. The Bertz CT molecular complexity index is 241. The van der Waals surface area contributed by atoms with Crippen LogP contribution in [0, 0.1) is 11.8 Å². The molecule has 1 saturated heterocycles. The van der Waals surface area contributed by atoms with E-state index in [1.165, 1.54) is 17.9 Å². The third kappa shape index (κ3) is 2.92. The zero-order valence-electron chi connectivity index (χ0n) is 9.78. The van der Waals surface area contributed by atoms with E-state index in [0.29, 0.717) is 18.5 Å². The molecule has 4 heteroatoms. The van der Waals surface area contributed by atoms with Crippen LogP contribution in [0.2, 0.25) is 0 Å². The maximum absolute atomic E-state index is 12.1. The molecule has 1 heterocycles. The number of rotatable bonds is 3. The Kier molecular flexibility index (Phi) is 4.53. The lowest BCUT2D eigenvalue weighted by atomic mass is 9.95. The van der Waals surface area contributed by atoms with Crippen molar-refractivity contribution in [3.8, 4) is 0 Å². The first-order valence-electron chi connectivity index (χ1n) is 6.39. The van der Waals surface area contributed by atoms with Crippen LogP contribution in [-0.4, -0.2) is 30.0 Å². The first-order chi connectivity index (χ1) is 7.81. The Balaban J connectivity index is 1.82. The van der Waals surface area contributed by atoms with Crippen LogP contribution in [0.25, 0.3) is 0 Å². The van der Waals surface area contributed by atoms with Crippen molar-refractivity contribution in [2.45, 2.75) is 38.1 Å². The van der Waals surface area contributed by atoms with Crippen molar-refractivity contribution in [3.05, 3.63) is 0 Å². The number of hydrogen-bond donors (Lipinski definition) is 2. The van der Waals surface area contributed by atoms with Gasteiger partial charge in [-0.15, -0.1) is 0 Å². The third-order valence-corrected chi connectivity index (χ3v) is 4.92. The molecule has 0 aromatic rings. The fourth-order valence-corrected chi connectivity index (χ4v) is 3.92. The average Bonchev–Trinajstić information content (AvgIpc) is 2.78. The van der Waals surface area contributed by atoms with Gasteiger partial charge in [0.2, 0.25) is 5.91 Å². The number of amides is 1. The Labute approximate surface area is 102 Å². The molecule has 1 aliphatic carbocycles. The average molecular weight is 242 g/mol. The van der Waals surface area contributed by atoms with E-state index < -0.39 is 0 Å². The molecular formula is C12H22N2OS. The SMILES string of the molecule is NC[C@H]1CCC[C@H]1C(=O)NC1CCSCC1. The molecule has 2 aliphatic rings. The van der Waals surface area contributed by atoms with Gasteiger partial charge in [-0.1, -0.05) is 6.42 Å². The summed E-state index contributed by atoms with van der Waals surface area (Å²) in [6.45, 7) is 0.665. The topological polar surface area (TPSA) is 55.1 Å². The maximum atomic E-state index is 12.1. The van der Waals surface area contributed by atoms with Crippen LogP contribution in [0.4, 0.5) is 0 Å². The summed E-state index contributed by atoms with van der Waals surface area (Å²) in [6, 6.07) is 0.424. The molecule has 0 bridgehead atoms. The summed E-state index contributed by atoms with van der Waals surface area (Å²) in [4.78, 5) is 12.1. The Morgan fingerprint density at radius 2 is 2.00 bits per heavy atom. The summed E-state index contributed by atoms with van der Waals surface area (Å²) in [5.74, 6) is 3.27. The van der Waals surface area contributed by atoms with E-state index in [1.807, 2.05) is 11.8 Å². The van der Waals surface area contributed by atoms with E-state index in [0.717, 1.165) is 25.7 Å². The van der Waals surface area contributed by atoms with Crippen LogP contribution < -0.4 is 11.1 Å². The first-order valence-corrected chi connectivity index (χ1v) is 7.55. The summed E-state index contributed by atoms with van der Waals surface area (Å²) < 4.78 is 0. The van der Waals surface area contributed by atoms with E-state index in [4.69, 9.17) is 5.73 Å². The van der Waals surface area contributed by atoms with E-state index in [-0.39, 0.29) is 11.8 Å². The molecule has 3 nitrogen and oxygen atoms in total. The predicted octanol–water partition coefficient (Wildman–Crippen LogP) is 1.37. The van der Waals surface area contributed by atoms with Crippen molar-refractivity contribution < 1.29 is 4.79 Å². The van der Waals surface area contributed by atoms with Gasteiger partial charge in [0.25, 0.3) is 0 Å². The van der Waals surface area contributed by atoms with Crippen molar-refractivity contribution in [1.29, 1.82) is 0 Å². The predicted molar refractivity (Wildman–Crippen MR) is 68.4 cm³/mol. The van der Waals surface area contributed by atoms with Gasteiger partial charge in [0.05, 0.1) is 0 Å². The standard InChI is InChI=1S/C12H22N2OS/c13-8-9-2-1-3-11(9)12(15)14-10-4-6-16-7-5-10/h9-11H,1-8,13H2,(H,14,15)/t9-,11-/m1/s1. The second-order valence-corrected chi connectivity index (χ2v) is 6.15. The largest absolute Gasteiger partial charge is 0.353 e. The van der Waals surface area contributed by atoms with Gasteiger partial charge in [0, 0.05) is 12.0 Å². The fraction of sp³-hybridized carbons (Fsp3) is 0.917. The number of hydrogen-bond acceptors (Lipinski definition) is 3. The lowest BCUT2D eigenvalue weighted by molar-refractivity contribution is -0.126. The van der Waals surface area contributed by atoms with Crippen LogP contribution in [0.5, 0.6) is 0 Å². The minimum Gasteiger partial charge on any atom is -0.353 e. The zero-order chi connectivity index (χ0) is 11.4. The lowest BCUT2D eigenvalue weighted by Crippen LogP contribution is -2.42. The van der Waals surface area contributed by atoms with Crippen molar-refractivity contribution in [1.82, 2.24) is 5.32 Å². The Morgan fingerprint density at radius 1 is 1.25 bits per heavy atom. The number of nitrogens with one attached hydrogen (secondary N) is 1. The summed E-state index contributed by atoms with van der Waals surface area (Å²) in [7, 11) is 0. The molecule has 1 saturated carbocycles. The van der Waals surface area contributed by atoms with Crippen LogP contribution >= 0.6 is 11.8 Å². The van der Waals surface area contributed by atoms with Crippen LogP contribution in [0.3, 0.4) is 0 Å². The van der Waals surface area contributed by atoms with E-state index >= 15 is 0 Å². The minimum absolute atomic E-state index is 0.194. The van der Waals surface area contributed by atoms with Gasteiger partial charge in [-0.3, -0.25) is 4.79 Å². The van der Waals surface area contributed by atoms with Gasteiger partial charge in [-0.05, 0) is 49.7 Å². The quantitative estimate of drug-likeness (QED) is 0.786. The molecule has 1 amide bonds. The van der Waals surface area contributed by atoms with Crippen LogP contribution in [0.1, 0.15) is 32.1 Å². The second-order valence-electron chi connectivity index (χ2n) is 4.93. The molecule has 92 valence electrons. The summed E-state index contributed by atoms with van der Waals surface area (Å²) in [5.41, 5.74) is 5.71. The van der Waals surface area contributed by atoms with Crippen molar-refractivity contribution in [2.75, 3.05) is 18.1 Å². The molecule has 2 atom stereocenters. The molecule has 0 unspecified atom stereocenters. The normalized spacial score (nSPS) is 31.6. The highest BCUT2D eigenvalue weighted by atomic mass is 32.2. The smallest absolute Gasteiger partial charge is 0.223 e. The van der Waals surface area contributed by atoms with Crippen LogP contribution in [-0.2, 0) is 4.79 Å². The summed E-state index contributed by atoms with van der Waals surface area (Å²) in [5, 5.41) is 3.22.